The molecule has 2 aliphatic rings. The van der Waals surface area contributed by atoms with Gasteiger partial charge in [-0.05, 0) is 43.9 Å². The van der Waals surface area contributed by atoms with Gasteiger partial charge in [-0.3, -0.25) is 9.89 Å². The van der Waals surface area contributed by atoms with E-state index in [9.17, 15) is 62.6 Å². The number of H-pyrrole nitrogens is 1. The average molecular weight is 607 g/mol. The fourth-order valence-electron chi connectivity index (χ4n) is 4.82. The Hall–Kier alpha value is -3.31. The third-order valence-electron chi connectivity index (χ3n) is 7.05. The summed E-state index contributed by atoms with van der Waals surface area (Å²) in [6.45, 7) is -0.0344. The van der Waals surface area contributed by atoms with Crippen molar-refractivity contribution >= 4 is 21.7 Å². The third-order valence-corrected chi connectivity index (χ3v) is 9.23. The van der Waals surface area contributed by atoms with Crippen LogP contribution < -0.4 is 0 Å². The van der Waals surface area contributed by atoms with Crippen molar-refractivity contribution in [2.45, 2.75) is 60.9 Å². The summed E-state index contributed by atoms with van der Waals surface area (Å²) in [4.78, 5) is 23.2. The van der Waals surface area contributed by atoms with Gasteiger partial charge in [0, 0.05) is 17.8 Å². The van der Waals surface area contributed by atoms with Crippen molar-refractivity contribution in [3.05, 3.63) is 35.2 Å². The van der Waals surface area contributed by atoms with Crippen LogP contribution in [0.5, 0.6) is 0 Å². The van der Waals surface area contributed by atoms with Crippen LogP contribution in [0.1, 0.15) is 36.2 Å². The highest BCUT2D eigenvalue weighted by atomic mass is 32.2. The number of carboxylic acids is 1. The third kappa shape index (κ3) is 4.79. The first-order chi connectivity index (χ1) is 18.1. The van der Waals surface area contributed by atoms with E-state index in [0.717, 1.165) is 6.92 Å². The SMILES string of the molecule is Cc1[nH]nc(C(F)(F)F)c1-c1ccc(S(=O)(=O)[C@@H]2C[C@@H](C(=O)O)N(C(=O)C3(C(F)(F)F)CC3)C2)c(C(F)(F)F)c1. The Morgan fingerprint density at radius 2 is 1.65 bits per heavy atom. The Morgan fingerprint density at radius 3 is 2.12 bits per heavy atom. The zero-order valence-corrected chi connectivity index (χ0v) is 20.8. The molecule has 1 saturated heterocycles. The van der Waals surface area contributed by atoms with E-state index in [1.807, 2.05) is 5.10 Å². The maximum absolute atomic E-state index is 14.0. The van der Waals surface area contributed by atoms with E-state index in [0.29, 0.717) is 12.1 Å². The summed E-state index contributed by atoms with van der Waals surface area (Å²) >= 11 is 0. The number of benzene rings is 1. The first-order valence-corrected chi connectivity index (χ1v) is 12.9. The van der Waals surface area contributed by atoms with Crippen molar-refractivity contribution in [1.29, 1.82) is 0 Å². The molecule has 2 aromatic rings. The number of sulfone groups is 1. The van der Waals surface area contributed by atoms with Gasteiger partial charge in [-0.15, -0.1) is 0 Å². The monoisotopic (exact) mass is 607 g/mol. The van der Waals surface area contributed by atoms with Crippen molar-refractivity contribution < 1.29 is 62.6 Å². The van der Waals surface area contributed by atoms with Crippen molar-refractivity contribution in [2.75, 3.05) is 6.54 Å². The summed E-state index contributed by atoms with van der Waals surface area (Å²) in [7, 11) is -5.18. The molecule has 18 heteroatoms. The number of carboxylic acid groups (broad SMARTS) is 1. The molecule has 2 heterocycles. The van der Waals surface area contributed by atoms with E-state index in [2.05, 4.69) is 5.10 Å². The zero-order valence-electron chi connectivity index (χ0n) is 20.0. The molecular formula is C22H18F9N3O5S. The number of aliphatic carboxylic acids is 1. The first kappa shape index (κ1) is 29.7. The minimum Gasteiger partial charge on any atom is -0.480 e. The lowest BCUT2D eigenvalue weighted by Gasteiger charge is -2.28. The van der Waals surface area contributed by atoms with Gasteiger partial charge in [0.15, 0.2) is 15.5 Å². The minimum atomic E-state index is -5.44. The Kier molecular flexibility index (Phi) is 6.75. The number of likely N-dealkylation sites (tertiary alicyclic amines) is 1. The van der Waals surface area contributed by atoms with Gasteiger partial charge < -0.3 is 10.0 Å². The standard InChI is InChI=1S/C22H18F9N3O5S/c1-9-15(16(33-32-9)21(26,27)28)10-2-3-14(12(6-10)20(23,24)25)40(38,39)11-7-13(17(35)36)34(8-11)18(37)19(4-5-19)22(29,30)31/h2-3,6,11,13H,4-5,7-8H2,1H3,(H,32,33)(H,35,36)/t11-,13+/m1/s1. The average Bonchev–Trinajstić information content (AvgIpc) is 3.35. The van der Waals surface area contributed by atoms with Crippen molar-refractivity contribution in [2.24, 2.45) is 5.41 Å². The molecular weight excluding hydrogens is 589 g/mol. The molecule has 0 bridgehead atoms. The first-order valence-electron chi connectivity index (χ1n) is 11.3. The summed E-state index contributed by atoms with van der Waals surface area (Å²) in [6, 6.07) is -0.845. The van der Waals surface area contributed by atoms with Gasteiger partial charge in [0.05, 0.1) is 15.7 Å². The smallest absolute Gasteiger partial charge is 0.435 e. The highest BCUT2D eigenvalue weighted by Gasteiger charge is 2.70. The molecule has 1 aromatic heterocycles. The van der Waals surface area contributed by atoms with E-state index in [1.165, 1.54) is 0 Å². The van der Waals surface area contributed by atoms with E-state index in [4.69, 9.17) is 0 Å². The number of amides is 1. The second kappa shape index (κ2) is 9.10. The van der Waals surface area contributed by atoms with Crippen LogP contribution in [-0.4, -0.2) is 64.5 Å². The molecule has 40 heavy (non-hydrogen) atoms. The second-order valence-electron chi connectivity index (χ2n) is 9.57. The lowest BCUT2D eigenvalue weighted by atomic mass is 10.0. The predicted octanol–water partition coefficient (Wildman–Crippen LogP) is 4.59. The maximum atomic E-state index is 14.0. The number of aromatic nitrogens is 2. The van der Waals surface area contributed by atoms with Crippen LogP contribution in [0.15, 0.2) is 23.1 Å². The molecule has 8 nitrogen and oxygen atoms in total. The van der Waals surface area contributed by atoms with Crippen LogP contribution in [0.25, 0.3) is 11.1 Å². The minimum absolute atomic E-state index is 0.162. The number of hydrogen-bond donors (Lipinski definition) is 2. The number of alkyl halides is 9. The molecule has 1 aliphatic carbocycles. The molecule has 1 aliphatic heterocycles. The number of carbonyl (C=O) groups excluding carboxylic acids is 1. The molecule has 2 fully saturated rings. The van der Waals surface area contributed by atoms with Crippen molar-refractivity contribution in [3.8, 4) is 11.1 Å². The fourth-order valence-corrected chi connectivity index (χ4v) is 6.71. The fraction of sp³-hybridized carbons (Fsp3) is 0.500. The second-order valence-corrected chi connectivity index (χ2v) is 11.8. The van der Waals surface area contributed by atoms with Crippen molar-refractivity contribution in [1.82, 2.24) is 15.1 Å². The molecule has 1 saturated carbocycles. The molecule has 220 valence electrons. The number of hydrogen-bond acceptors (Lipinski definition) is 5. The molecule has 2 N–H and O–H groups in total. The van der Waals surface area contributed by atoms with Gasteiger partial charge in [-0.1, -0.05) is 6.07 Å². The topological polar surface area (TPSA) is 120 Å². The van der Waals surface area contributed by atoms with Crippen LogP contribution in [0.3, 0.4) is 0 Å². The van der Waals surface area contributed by atoms with Gasteiger partial charge in [0.2, 0.25) is 5.91 Å². The molecule has 0 unspecified atom stereocenters. The van der Waals surface area contributed by atoms with E-state index >= 15 is 0 Å². The van der Waals surface area contributed by atoms with Gasteiger partial charge in [0.1, 0.15) is 11.5 Å². The Morgan fingerprint density at radius 1 is 1.05 bits per heavy atom. The Bertz CT molecular complexity index is 1470. The lowest BCUT2D eigenvalue weighted by molar-refractivity contribution is -0.199. The van der Waals surface area contributed by atoms with E-state index < -0.39 is 110 Å². The van der Waals surface area contributed by atoms with E-state index in [1.54, 1.807) is 0 Å². The number of nitrogens with one attached hydrogen (secondary N) is 1. The Labute approximate surface area is 219 Å². The largest absolute Gasteiger partial charge is 0.480 e. The number of rotatable bonds is 5. The summed E-state index contributed by atoms with van der Waals surface area (Å²) in [6.07, 6.45) is -17.9. The molecule has 0 radical (unpaired) electrons. The van der Waals surface area contributed by atoms with Gasteiger partial charge in [0.25, 0.3) is 0 Å². The summed E-state index contributed by atoms with van der Waals surface area (Å²) in [5.41, 5.74) is -8.07. The van der Waals surface area contributed by atoms with Crippen LogP contribution >= 0.6 is 0 Å². The van der Waals surface area contributed by atoms with Gasteiger partial charge in [-0.2, -0.15) is 44.6 Å². The number of halogens is 9. The predicted molar refractivity (Wildman–Crippen MR) is 115 cm³/mol. The van der Waals surface area contributed by atoms with Crippen molar-refractivity contribution in [3.63, 3.8) is 0 Å². The van der Waals surface area contributed by atoms with Crippen LogP contribution in [0, 0.1) is 12.3 Å². The highest BCUT2D eigenvalue weighted by molar-refractivity contribution is 7.92. The summed E-state index contributed by atoms with van der Waals surface area (Å²) in [5.74, 6) is -3.54. The molecule has 1 amide bonds. The number of aromatic amines is 1. The summed E-state index contributed by atoms with van der Waals surface area (Å²) < 4.78 is 149. The molecule has 4 rings (SSSR count). The Balaban J connectivity index is 1.77. The summed E-state index contributed by atoms with van der Waals surface area (Å²) in [5, 5.41) is 12.5. The number of aryl methyl sites for hydroxylation is 1. The van der Waals surface area contributed by atoms with Gasteiger partial charge >= 0.3 is 24.5 Å². The van der Waals surface area contributed by atoms with Crippen LogP contribution in [-0.2, 0) is 31.8 Å². The number of carbonyl (C=O) groups is 2. The quantitative estimate of drug-likeness (QED) is 0.480. The lowest BCUT2D eigenvalue weighted by Crippen LogP contribution is -2.48. The molecule has 0 spiro atoms. The maximum Gasteiger partial charge on any atom is 0.435 e. The molecule has 1 aromatic carbocycles. The number of nitrogens with zero attached hydrogens (tertiary/aromatic N) is 2. The van der Waals surface area contributed by atoms with Crippen LogP contribution in [0.4, 0.5) is 39.5 Å². The van der Waals surface area contributed by atoms with Gasteiger partial charge in [-0.25, -0.2) is 13.2 Å². The molecule has 2 atom stereocenters. The van der Waals surface area contributed by atoms with Crippen LogP contribution in [0.2, 0.25) is 0 Å². The normalized spacial score (nSPS) is 21.5. The highest BCUT2D eigenvalue weighted by Crippen LogP contribution is 2.59. The zero-order chi connectivity index (χ0) is 30.2. The van der Waals surface area contributed by atoms with E-state index in [-0.39, 0.29) is 16.7 Å².